The van der Waals surface area contributed by atoms with Crippen LogP contribution in [0.4, 0.5) is 5.13 Å². The van der Waals surface area contributed by atoms with Gasteiger partial charge in [-0.15, -0.1) is 0 Å². The smallest absolute Gasteiger partial charge is 0.309 e. The zero-order valence-corrected chi connectivity index (χ0v) is 19.3. The average Bonchev–Trinajstić information content (AvgIpc) is 3.15. The Hall–Kier alpha value is -2.96. The molecular formula is C25H23ClN2O3S. The first-order valence-electron chi connectivity index (χ1n) is 10.2. The number of carboxylic acid groups (broad SMARTS) is 1. The van der Waals surface area contributed by atoms with Gasteiger partial charge >= 0.3 is 5.97 Å². The summed E-state index contributed by atoms with van der Waals surface area (Å²) in [5.41, 5.74) is -0.483. The van der Waals surface area contributed by atoms with Gasteiger partial charge in [-0.05, 0) is 37.6 Å². The number of hydrogen-bond acceptors (Lipinski definition) is 5. The normalized spacial score (nSPS) is 20.4. The summed E-state index contributed by atoms with van der Waals surface area (Å²) < 4.78 is 0.902. The van der Waals surface area contributed by atoms with E-state index >= 15 is 0 Å². The Morgan fingerprint density at radius 3 is 2.50 bits per heavy atom. The van der Waals surface area contributed by atoms with Crippen LogP contribution in [0.25, 0.3) is 10.2 Å². The number of nitrogens with zero attached hydrogens (tertiary/aromatic N) is 1. The highest BCUT2D eigenvalue weighted by molar-refractivity contribution is 7.22. The van der Waals surface area contributed by atoms with Crippen LogP contribution < -0.4 is 5.32 Å². The monoisotopic (exact) mass is 466 g/mol. The van der Waals surface area contributed by atoms with Crippen molar-refractivity contribution in [3.05, 3.63) is 83.4 Å². The minimum absolute atomic E-state index is 0.0283. The topological polar surface area (TPSA) is 79.3 Å². The predicted octanol–water partition coefficient (Wildman–Crippen LogP) is 6.08. The van der Waals surface area contributed by atoms with Crippen molar-refractivity contribution in [2.75, 3.05) is 5.32 Å². The number of halogens is 1. The Balaban J connectivity index is 1.69. The second-order valence-corrected chi connectivity index (χ2v) is 10.0. The van der Waals surface area contributed by atoms with Gasteiger partial charge in [0.25, 0.3) is 0 Å². The minimum atomic E-state index is -1.19. The summed E-state index contributed by atoms with van der Waals surface area (Å²) in [6, 6.07) is 15.4. The predicted molar refractivity (Wildman–Crippen MR) is 129 cm³/mol. The quantitative estimate of drug-likeness (QED) is 0.412. The number of anilines is 1. The standard InChI is InChI=1S/C25H23ClN2O3S/c1-24(2,22(30)31)15-21(29)25(12-10-17(11-13-25)16-6-4-3-5-7-16)28-23-27-19-9-8-18(26)14-20(19)32-23/h3-14,17H,15H2,1-2H3,(H,27,28)(H,30,31). The number of benzene rings is 2. The molecule has 0 aliphatic heterocycles. The molecule has 0 radical (unpaired) electrons. The van der Waals surface area contributed by atoms with Crippen LogP contribution in [0.1, 0.15) is 31.7 Å². The van der Waals surface area contributed by atoms with E-state index in [1.807, 2.05) is 66.8 Å². The van der Waals surface area contributed by atoms with Crippen molar-refractivity contribution in [1.82, 2.24) is 4.98 Å². The lowest BCUT2D eigenvalue weighted by Gasteiger charge is -2.33. The number of carboxylic acids is 1. The molecule has 3 aromatic rings. The van der Waals surface area contributed by atoms with Crippen molar-refractivity contribution >= 4 is 50.0 Å². The van der Waals surface area contributed by atoms with Crippen molar-refractivity contribution in [3.8, 4) is 0 Å². The fraction of sp³-hybridized carbons (Fsp3) is 0.240. The third-order valence-corrected chi connectivity index (χ3v) is 6.79. The van der Waals surface area contributed by atoms with Crippen molar-refractivity contribution in [2.45, 2.75) is 31.7 Å². The van der Waals surface area contributed by atoms with Gasteiger partial charge in [0.1, 0.15) is 5.54 Å². The van der Waals surface area contributed by atoms with Crippen molar-refractivity contribution < 1.29 is 14.7 Å². The van der Waals surface area contributed by atoms with E-state index in [4.69, 9.17) is 11.6 Å². The Labute approximate surface area is 195 Å². The Morgan fingerprint density at radius 1 is 1.16 bits per heavy atom. The summed E-state index contributed by atoms with van der Waals surface area (Å²) in [6.07, 6.45) is 7.46. The second-order valence-electron chi connectivity index (χ2n) is 8.57. The first-order chi connectivity index (χ1) is 15.2. The molecule has 0 saturated heterocycles. The van der Waals surface area contributed by atoms with Gasteiger partial charge in [0.05, 0.1) is 15.6 Å². The second kappa shape index (κ2) is 8.52. The Kier molecular flexibility index (Phi) is 5.93. The molecule has 2 N–H and O–H groups in total. The molecule has 1 heterocycles. The largest absolute Gasteiger partial charge is 0.481 e. The fourth-order valence-electron chi connectivity index (χ4n) is 3.62. The SMILES string of the molecule is CC(C)(CC(=O)C1(Nc2nc3ccc(Cl)cc3s2)C=CC(c2ccccc2)C=C1)C(=O)O. The highest BCUT2D eigenvalue weighted by atomic mass is 35.5. The van der Waals surface area contributed by atoms with Gasteiger partial charge < -0.3 is 10.4 Å². The molecule has 1 aliphatic rings. The summed E-state index contributed by atoms with van der Waals surface area (Å²) in [6.45, 7) is 3.12. The first kappa shape index (κ1) is 22.2. The lowest BCUT2D eigenvalue weighted by atomic mass is 9.77. The number of fused-ring (bicyclic) bond motifs is 1. The fourth-order valence-corrected chi connectivity index (χ4v) is 4.83. The van der Waals surface area contributed by atoms with E-state index in [-0.39, 0.29) is 18.1 Å². The zero-order chi connectivity index (χ0) is 22.9. The van der Waals surface area contributed by atoms with Crippen LogP contribution in [-0.4, -0.2) is 27.4 Å². The van der Waals surface area contributed by atoms with Crippen molar-refractivity contribution in [3.63, 3.8) is 0 Å². The molecule has 32 heavy (non-hydrogen) atoms. The van der Waals surface area contributed by atoms with Crippen LogP contribution in [0.5, 0.6) is 0 Å². The molecule has 0 unspecified atom stereocenters. The van der Waals surface area contributed by atoms with Crippen LogP contribution in [0, 0.1) is 5.41 Å². The van der Waals surface area contributed by atoms with E-state index in [0.717, 1.165) is 15.8 Å². The molecule has 1 aromatic heterocycles. The number of carbonyl (C=O) groups excluding carboxylic acids is 1. The van der Waals surface area contributed by atoms with Crippen molar-refractivity contribution in [2.24, 2.45) is 5.41 Å². The van der Waals surface area contributed by atoms with Crippen LogP contribution >= 0.6 is 22.9 Å². The molecule has 2 aromatic carbocycles. The molecule has 0 bridgehead atoms. The molecule has 0 atom stereocenters. The third-order valence-electron chi connectivity index (χ3n) is 5.62. The molecule has 0 amide bonds. The van der Waals surface area contributed by atoms with Gasteiger partial charge in [0.15, 0.2) is 10.9 Å². The number of thiazole rings is 1. The maximum absolute atomic E-state index is 13.5. The van der Waals surface area contributed by atoms with E-state index < -0.39 is 16.9 Å². The average molecular weight is 467 g/mol. The van der Waals surface area contributed by atoms with Crippen LogP contribution in [0.15, 0.2) is 72.8 Å². The number of aromatic nitrogens is 1. The number of aliphatic carboxylic acids is 1. The lowest BCUT2D eigenvalue weighted by Crippen LogP contribution is -2.46. The number of allylic oxidation sites excluding steroid dienone is 2. The van der Waals surface area contributed by atoms with E-state index in [2.05, 4.69) is 10.3 Å². The van der Waals surface area contributed by atoms with E-state index in [9.17, 15) is 14.7 Å². The van der Waals surface area contributed by atoms with Gasteiger partial charge in [0.2, 0.25) is 0 Å². The van der Waals surface area contributed by atoms with Crippen LogP contribution in [0.2, 0.25) is 5.02 Å². The highest BCUT2D eigenvalue weighted by Crippen LogP contribution is 2.36. The number of hydrogen-bond donors (Lipinski definition) is 2. The van der Waals surface area contributed by atoms with Gasteiger partial charge in [0, 0.05) is 17.4 Å². The molecule has 0 fully saturated rings. The molecule has 7 heteroatoms. The lowest BCUT2D eigenvalue weighted by molar-refractivity contribution is -0.149. The van der Waals surface area contributed by atoms with Crippen LogP contribution in [-0.2, 0) is 9.59 Å². The Morgan fingerprint density at radius 2 is 1.84 bits per heavy atom. The number of rotatable bonds is 7. The van der Waals surface area contributed by atoms with E-state index in [0.29, 0.717) is 10.2 Å². The minimum Gasteiger partial charge on any atom is -0.481 e. The molecule has 0 spiro atoms. The summed E-state index contributed by atoms with van der Waals surface area (Å²) in [5.74, 6) is -1.22. The summed E-state index contributed by atoms with van der Waals surface area (Å²) >= 11 is 7.50. The number of ketones is 1. The Bertz CT molecular complexity index is 1220. The zero-order valence-electron chi connectivity index (χ0n) is 17.7. The van der Waals surface area contributed by atoms with E-state index in [1.165, 1.54) is 11.3 Å². The number of Topliss-reactive ketones (excluding diaryl/α,β-unsaturated/α-hetero) is 1. The molecule has 4 rings (SSSR count). The van der Waals surface area contributed by atoms with Gasteiger partial charge in [-0.3, -0.25) is 9.59 Å². The summed E-state index contributed by atoms with van der Waals surface area (Å²) in [4.78, 5) is 29.7. The maximum atomic E-state index is 13.5. The van der Waals surface area contributed by atoms with Crippen LogP contribution in [0.3, 0.4) is 0 Å². The third kappa shape index (κ3) is 4.47. The van der Waals surface area contributed by atoms with E-state index in [1.54, 1.807) is 19.9 Å². The van der Waals surface area contributed by atoms with Gasteiger partial charge in [-0.2, -0.15) is 0 Å². The summed E-state index contributed by atoms with van der Waals surface area (Å²) in [7, 11) is 0. The molecule has 1 aliphatic carbocycles. The number of nitrogens with one attached hydrogen (secondary N) is 1. The van der Waals surface area contributed by atoms with Crippen molar-refractivity contribution in [1.29, 1.82) is 0 Å². The van der Waals surface area contributed by atoms with Gasteiger partial charge in [-0.25, -0.2) is 4.98 Å². The molecule has 0 saturated carbocycles. The van der Waals surface area contributed by atoms with Gasteiger partial charge in [-0.1, -0.05) is 77.6 Å². The number of carbonyl (C=O) groups is 2. The summed E-state index contributed by atoms with van der Waals surface area (Å²) in [5, 5.41) is 14.0. The first-order valence-corrected chi connectivity index (χ1v) is 11.4. The molecule has 164 valence electrons. The molecule has 5 nitrogen and oxygen atoms in total. The highest BCUT2D eigenvalue weighted by Gasteiger charge is 2.41. The molecular weight excluding hydrogens is 444 g/mol. The maximum Gasteiger partial charge on any atom is 0.309 e.